The molecule has 8 nitrogen and oxygen atoms in total. The van der Waals surface area contributed by atoms with E-state index in [9.17, 15) is 24.6 Å². The number of phenols is 1. The van der Waals surface area contributed by atoms with Gasteiger partial charge in [-0.05, 0) is 49.9 Å². The second-order valence-corrected chi connectivity index (χ2v) is 10.8. The summed E-state index contributed by atoms with van der Waals surface area (Å²) in [6.45, 7) is 6.72. The second kappa shape index (κ2) is 11.7. The molecule has 1 heterocycles. The zero-order valence-corrected chi connectivity index (χ0v) is 22.9. The summed E-state index contributed by atoms with van der Waals surface area (Å²) in [5, 5.41) is 26.7. The molecule has 1 aliphatic heterocycles. The van der Waals surface area contributed by atoms with Crippen molar-refractivity contribution in [2.75, 3.05) is 13.1 Å². The standard InChI is InChI=1S/C29H37F2N3O5/c1-6-12-32-26(38)24-28(4,5)29(30,31)16-34(24)27(39)23(36)21(15-19-10-8-7-9-11-19)33-25(37)20-13-17(2)14-22(35)18(20)3/h7-11,13-14,21,23-24,35-36H,6,12,15-16H2,1-5H3,(H,32,38)(H,33,37)/t21?,23?,24-/m1/s1. The van der Waals surface area contributed by atoms with E-state index >= 15 is 8.78 Å². The summed E-state index contributed by atoms with van der Waals surface area (Å²) in [4.78, 5) is 40.6. The number of carbonyl (C=O) groups excluding carboxylic acids is 3. The Kier molecular flexibility index (Phi) is 9.00. The maximum atomic E-state index is 15.1. The number of benzene rings is 2. The van der Waals surface area contributed by atoms with Crippen LogP contribution in [0.15, 0.2) is 42.5 Å². The summed E-state index contributed by atoms with van der Waals surface area (Å²) >= 11 is 0. The van der Waals surface area contributed by atoms with Crippen LogP contribution in [0.5, 0.6) is 5.75 Å². The number of aromatic hydroxyl groups is 1. The van der Waals surface area contributed by atoms with E-state index in [2.05, 4.69) is 10.6 Å². The molecule has 39 heavy (non-hydrogen) atoms. The normalized spacial score (nSPS) is 19.3. The van der Waals surface area contributed by atoms with Crippen molar-refractivity contribution in [2.24, 2.45) is 5.41 Å². The number of rotatable bonds is 9. The van der Waals surface area contributed by atoms with Gasteiger partial charge in [-0.15, -0.1) is 0 Å². The molecule has 0 saturated carbocycles. The molecule has 3 amide bonds. The topological polar surface area (TPSA) is 119 Å². The number of likely N-dealkylation sites (tertiary alicyclic amines) is 1. The van der Waals surface area contributed by atoms with Crippen LogP contribution in [-0.2, 0) is 16.0 Å². The van der Waals surface area contributed by atoms with Gasteiger partial charge in [0.15, 0.2) is 6.10 Å². The summed E-state index contributed by atoms with van der Waals surface area (Å²) in [5.41, 5.74) is -0.124. The minimum atomic E-state index is -3.40. The van der Waals surface area contributed by atoms with Gasteiger partial charge in [0, 0.05) is 17.7 Å². The fourth-order valence-electron chi connectivity index (χ4n) is 4.89. The summed E-state index contributed by atoms with van der Waals surface area (Å²) in [5.74, 6) is -5.94. The Hall–Kier alpha value is -3.53. The molecule has 3 atom stereocenters. The molecule has 0 aromatic heterocycles. The highest BCUT2D eigenvalue weighted by Gasteiger charge is 2.64. The molecule has 10 heteroatoms. The Morgan fingerprint density at radius 3 is 2.38 bits per heavy atom. The molecular formula is C29H37F2N3O5. The molecule has 2 unspecified atom stereocenters. The number of halogens is 2. The van der Waals surface area contributed by atoms with Gasteiger partial charge in [-0.3, -0.25) is 14.4 Å². The molecule has 0 bridgehead atoms. The lowest BCUT2D eigenvalue weighted by atomic mass is 9.81. The third-order valence-corrected chi connectivity index (χ3v) is 7.41. The zero-order chi connectivity index (χ0) is 29.1. The first-order valence-corrected chi connectivity index (χ1v) is 13.0. The lowest BCUT2D eigenvalue weighted by Gasteiger charge is -2.34. The Labute approximate surface area is 227 Å². The first-order chi connectivity index (χ1) is 18.2. The van der Waals surface area contributed by atoms with Gasteiger partial charge < -0.3 is 25.7 Å². The average molecular weight is 546 g/mol. The van der Waals surface area contributed by atoms with Crippen LogP contribution in [0.2, 0.25) is 0 Å². The molecule has 1 saturated heterocycles. The first-order valence-electron chi connectivity index (χ1n) is 13.0. The number of carbonyl (C=O) groups is 3. The highest BCUT2D eigenvalue weighted by molar-refractivity contribution is 5.97. The van der Waals surface area contributed by atoms with Gasteiger partial charge in [0.05, 0.1) is 18.0 Å². The van der Waals surface area contributed by atoms with E-state index in [4.69, 9.17) is 0 Å². The molecule has 0 radical (unpaired) electrons. The van der Waals surface area contributed by atoms with Gasteiger partial charge in [0.2, 0.25) is 5.91 Å². The molecular weight excluding hydrogens is 508 g/mol. The van der Waals surface area contributed by atoms with Crippen LogP contribution in [0.3, 0.4) is 0 Å². The Balaban J connectivity index is 1.96. The summed E-state index contributed by atoms with van der Waals surface area (Å²) < 4.78 is 30.2. The molecule has 2 aromatic rings. The van der Waals surface area contributed by atoms with Gasteiger partial charge in [-0.25, -0.2) is 8.78 Å². The fraction of sp³-hybridized carbons (Fsp3) is 0.483. The van der Waals surface area contributed by atoms with Crippen molar-refractivity contribution >= 4 is 17.7 Å². The minimum Gasteiger partial charge on any atom is -0.508 e. The minimum absolute atomic E-state index is 0.0106. The average Bonchev–Trinajstić information content (AvgIpc) is 3.07. The highest BCUT2D eigenvalue weighted by Crippen LogP contribution is 2.48. The van der Waals surface area contributed by atoms with Crippen molar-refractivity contribution in [1.82, 2.24) is 15.5 Å². The van der Waals surface area contributed by atoms with Crippen molar-refractivity contribution in [3.63, 3.8) is 0 Å². The number of hydrogen-bond donors (Lipinski definition) is 4. The SMILES string of the molecule is CCCNC(=O)[C@H]1N(C(=O)C(O)C(Cc2ccccc2)NC(=O)c2cc(C)cc(O)c2C)CC(F)(F)C1(C)C. The lowest BCUT2D eigenvalue weighted by Crippen LogP contribution is -2.57. The van der Waals surface area contributed by atoms with Crippen LogP contribution < -0.4 is 10.6 Å². The lowest BCUT2D eigenvalue weighted by molar-refractivity contribution is -0.148. The molecule has 1 fully saturated rings. The highest BCUT2D eigenvalue weighted by atomic mass is 19.3. The van der Waals surface area contributed by atoms with Crippen molar-refractivity contribution in [2.45, 2.75) is 71.6 Å². The molecule has 3 rings (SSSR count). The zero-order valence-electron chi connectivity index (χ0n) is 22.9. The third-order valence-electron chi connectivity index (χ3n) is 7.41. The number of nitrogens with zero attached hydrogens (tertiary/aromatic N) is 1. The predicted molar refractivity (Wildman–Crippen MR) is 143 cm³/mol. The van der Waals surface area contributed by atoms with E-state index in [-0.39, 0.29) is 24.3 Å². The van der Waals surface area contributed by atoms with Gasteiger partial charge in [-0.1, -0.05) is 51.1 Å². The summed E-state index contributed by atoms with van der Waals surface area (Å²) in [6, 6.07) is 9.11. The molecule has 2 aromatic carbocycles. The number of aliphatic hydroxyl groups is 1. The number of hydrogen-bond acceptors (Lipinski definition) is 5. The smallest absolute Gasteiger partial charge is 0.272 e. The van der Waals surface area contributed by atoms with Crippen molar-refractivity contribution in [3.8, 4) is 5.75 Å². The van der Waals surface area contributed by atoms with E-state index in [1.54, 1.807) is 50.2 Å². The third kappa shape index (κ3) is 6.21. The van der Waals surface area contributed by atoms with Crippen molar-refractivity contribution < 1.29 is 33.4 Å². The van der Waals surface area contributed by atoms with Crippen molar-refractivity contribution in [3.05, 3.63) is 64.7 Å². The molecule has 4 N–H and O–H groups in total. The number of aliphatic hydroxyl groups excluding tert-OH is 1. The quantitative estimate of drug-likeness (QED) is 0.386. The maximum Gasteiger partial charge on any atom is 0.272 e. The number of aryl methyl sites for hydroxylation is 1. The second-order valence-electron chi connectivity index (χ2n) is 10.8. The fourth-order valence-corrected chi connectivity index (χ4v) is 4.89. The van der Waals surface area contributed by atoms with Gasteiger partial charge in [0.25, 0.3) is 17.7 Å². The van der Waals surface area contributed by atoms with Crippen LogP contribution in [-0.4, -0.2) is 70.0 Å². The van der Waals surface area contributed by atoms with E-state index < -0.39 is 53.8 Å². The Morgan fingerprint density at radius 2 is 1.77 bits per heavy atom. The van der Waals surface area contributed by atoms with Gasteiger partial charge in [-0.2, -0.15) is 0 Å². The van der Waals surface area contributed by atoms with Crippen LogP contribution >= 0.6 is 0 Å². The largest absolute Gasteiger partial charge is 0.508 e. The van der Waals surface area contributed by atoms with E-state index in [1.807, 2.05) is 6.92 Å². The number of amides is 3. The van der Waals surface area contributed by atoms with E-state index in [0.717, 1.165) is 4.90 Å². The number of phenolic OH excluding ortho intramolecular Hbond substituents is 1. The predicted octanol–water partition coefficient (Wildman–Crippen LogP) is 3.11. The first kappa shape index (κ1) is 30.0. The van der Waals surface area contributed by atoms with Crippen LogP contribution in [0.1, 0.15) is 54.2 Å². The molecule has 212 valence electrons. The summed E-state index contributed by atoms with van der Waals surface area (Å²) in [7, 11) is 0. The van der Waals surface area contributed by atoms with E-state index in [1.165, 1.54) is 19.9 Å². The Morgan fingerprint density at radius 1 is 1.13 bits per heavy atom. The van der Waals surface area contributed by atoms with Crippen LogP contribution in [0.25, 0.3) is 0 Å². The van der Waals surface area contributed by atoms with E-state index in [0.29, 0.717) is 23.1 Å². The molecule has 0 aliphatic carbocycles. The van der Waals surface area contributed by atoms with Crippen molar-refractivity contribution in [1.29, 1.82) is 0 Å². The van der Waals surface area contributed by atoms with Gasteiger partial charge >= 0.3 is 0 Å². The van der Waals surface area contributed by atoms with Crippen LogP contribution in [0, 0.1) is 19.3 Å². The maximum absolute atomic E-state index is 15.1. The number of alkyl halides is 2. The summed E-state index contributed by atoms with van der Waals surface area (Å²) in [6.07, 6.45) is -1.35. The molecule has 0 spiro atoms. The monoisotopic (exact) mass is 545 g/mol. The van der Waals surface area contributed by atoms with Gasteiger partial charge in [0.1, 0.15) is 11.8 Å². The number of nitrogens with one attached hydrogen (secondary N) is 2. The Bertz CT molecular complexity index is 1220. The van der Waals surface area contributed by atoms with Crippen LogP contribution in [0.4, 0.5) is 8.78 Å². The molecule has 1 aliphatic rings.